The molecule has 0 saturated heterocycles. The molecule has 2 aromatic heterocycles. The molecule has 5 heteroatoms. The number of aromatic nitrogens is 4. The molecule has 0 aliphatic heterocycles. The van der Waals surface area contributed by atoms with Crippen LogP contribution in [0.25, 0.3) is 11.0 Å². The molecule has 2 N–H and O–H groups in total. The van der Waals surface area contributed by atoms with E-state index in [2.05, 4.69) is 31.8 Å². The van der Waals surface area contributed by atoms with Gasteiger partial charge >= 0.3 is 0 Å². The van der Waals surface area contributed by atoms with Crippen LogP contribution in [0, 0.1) is 0 Å². The van der Waals surface area contributed by atoms with Gasteiger partial charge in [0.05, 0.1) is 29.6 Å². The maximum atomic E-state index is 4.55. The zero-order valence-electron chi connectivity index (χ0n) is 11.6. The van der Waals surface area contributed by atoms with Gasteiger partial charge in [0.2, 0.25) is 0 Å². The number of nitrogens with one attached hydrogen (secondary N) is 2. The van der Waals surface area contributed by atoms with Crippen LogP contribution in [0.3, 0.4) is 0 Å². The summed E-state index contributed by atoms with van der Waals surface area (Å²) in [6, 6.07) is 8.08. The molecular weight excluding hydrogens is 250 g/mol. The largest absolute Gasteiger partial charge is 0.341 e. The van der Waals surface area contributed by atoms with E-state index in [1.165, 1.54) is 5.69 Å². The molecule has 2 heterocycles. The number of hydrogen-bond donors (Lipinski definition) is 2. The quantitative estimate of drug-likeness (QED) is 0.722. The van der Waals surface area contributed by atoms with E-state index in [0.717, 1.165) is 42.9 Å². The molecule has 1 aromatic carbocycles. The highest BCUT2D eigenvalue weighted by Crippen LogP contribution is 2.10. The summed E-state index contributed by atoms with van der Waals surface area (Å²) in [6.45, 7) is 4.72. The van der Waals surface area contributed by atoms with Crippen LogP contribution < -0.4 is 5.32 Å². The van der Waals surface area contributed by atoms with Gasteiger partial charge in [0.15, 0.2) is 0 Å². The van der Waals surface area contributed by atoms with Crippen molar-refractivity contribution in [1.82, 2.24) is 24.8 Å². The molecular formula is C15H19N5. The molecule has 0 fully saturated rings. The summed E-state index contributed by atoms with van der Waals surface area (Å²) in [5.41, 5.74) is 3.31. The van der Waals surface area contributed by atoms with Crippen LogP contribution >= 0.6 is 0 Å². The molecule has 0 saturated carbocycles. The molecule has 3 rings (SSSR count). The van der Waals surface area contributed by atoms with Crippen molar-refractivity contribution in [2.24, 2.45) is 0 Å². The minimum absolute atomic E-state index is 0.728. The zero-order chi connectivity index (χ0) is 13.8. The molecule has 104 valence electrons. The van der Waals surface area contributed by atoms with E-state index in [1.807, 2.05) is 36.8 Å². The first-order valence-electron chi connectivity index (χ1n) is 7.00. The Morgan fingerprint density at radius 3 is 3.00 bits per heavy atom. The van der Waals surface area contributed by atoms with Crippen LogP contribution in [0.15, 0.2) is 36.8 Å². The van der Waals surface area contributed by atoms with E-state index >= 15 is 0 Å². The molecule has 3 aromatic rings. The van der Waals surface area contributed by atoms with E-state index in [4.69, 9.17) is 0 Å². The summed E-state index contributed by atoms with van der Waals surface area (Å²) >= 11 is 0. The second kappa shape index (κ2) is 5.88. The first kappa shape index (κ1) is 12.9. The number of benzene rings is 1. The fourth-order valence-electron chi connectivity index (χ4n) is 2.34. The summed E-state index contributed by atoms with van der Waals surface area (Å²) in [4.78, 5) is 12.1. The average Bonchev–Trinajstić information content (AvgIpc) is 3.06. The van der Waals surface area contributed by atoms with Crippen LogP contribution in [0.2, 0.25) is 0 Å². The van der Waals surface area contributed by atoms with E-state index < -0.39 is 0 Å². The lowest BCUT2D eigenvalue weighted by Gasteiger charge is -2.07. The molecule has 0 bridgehead atoms. The Kier molecular flexibility index (Phi) is 3.78. The molecule has 0 amide bonds. The summed E-state index contributed by atoms with van der Waals surface area (Å²) in [5.74, 6) is 0.966. The number of hydrogen-bond acceptors (Lipinski definition) is 3. The van der Waals surface area contributed by atoms with Crippen molar-refractivity contribution in [2.75, 3.05) is 0 Å². The average molecular weight is 269 g/mol. The van der Waals surface area contributed by atoms with Gasteiger partial charge in [-0.3, -0.25) is 0 Å². The van der Waals surface area contributed by atoms with Gasteiger partial charge in [0.25, 0.3) is 0 Å². The molecule has 0 aliphatic carbocycles. The molecule has 0 spiro atoms. The predicted octanol–water partition coefficient (Wildman–Crippen LogP) is 2.46. The van der Waals surface area contributed by atoms with Gasteiger partial charge in [0, 0.05) is 19.3 Å². The number of aromatic amines is 1. The SMILES string of the molecule is CCCn1cncc1CNCc1nc2ccccc2[nH]1. The maximum absolute atomic E-state index is 4.55. The van der Waals surface area contributed by atoms with E-state index in [-0.39, 0.29) is 0 Å². The van der Waals surface area contributed by atoms with Crippen molar-refractivity contribution < 1.29 is 0 Å². The number of nitrogens with zero attached hydrogens (tertiary/aromatic N) is 3. The molecule has 20 heavy (non-hydrogen) atoms. The van der Waals surface area contributed by atoms with Crippen molar-refractivity contribution in [3.8, 4) is 0 Å². The number of imidazole rings is 2. The van der Waals surface area contributed by atoms with Crippen molar-refractivity contribution in [3.05, 3.63) is 48.3 Å². The van der Waals surface area contributed by atoms with Gasteiger partial charge in [-0.2, -0.15) is 0 Å². The van der Waals surface area contributed by atoms with E-state index in [1.54, 1.807) is 0 Å². The maximum Gasteiger partial charge on any atom is 0.121 e. The normalized spacial score (nSPS) is 11.2. The van der Waals surface area contributed by atoms with E-state index in [0.29, 0.717) is 0 Å². The lowest BCUT2D eigenvalue weighted by molar-refractivity contribution is 0.594. The highest BCUT2D eigenvalue weighted by Gasteiger charge is 2.03. The van der Waals surface area contributed by atoms with Crippen LogP contribution in [-0.4, -0.2) is 19.5 Å². The number of H-pyrrole nitrogens is 1. The van der Waals surface area contributed by atoms with Crippen molar-refractivity contribution >= 4 is 11.0 Å². The van der Waals surface area contributed by atoms with Crippen LogP contribution in [0.1, 0.15) is 24.9 Å². The molecule has 0 atom stereocenters. The first-order valence-corrected chi connectivity index (χ1v) is 7.00. The fraction of sp³-hybridized carbons (Fsp3) is 0.333. The first-order chi connectivity index (χ1) is 9.86. The minimum Gasteiger partial charge on any atom is -0.341 e. The lowest BCUT2D eigenvalue weighted by Crippen LogP contribution is -2.16. The monoisotopic (exact) mass is 269 g/mol. The smallest absolute Gasteiger partial charge is 0.121 e. The van der Waals surface area contributed by atoms with Gasteiger partial charge in [-0.05, 0) is 18.6 Å². The Hall–Kier alpha value is -2.14. The Bertz CT molecular complexity index is 649. The van der Waals surface area contributed by atoms with Crippen molar-refractivity contribution in [2.45, 2.75) is 33.0 Å². The Balaban J connectivity index is 1.60. The van der Waals surface area contributed by atoms with Crippen LogP contribution in [0.5, 0.6) is 0 Å². The number of aryl methyl sites for hydroxylation is 1. The molecule has 0 unspecified atom stereocenters. The third-order valence-electron chi connectivity index (χ3n) is 3.30. The summed E-state index contributed by atoms with van der Waals surface area (Å²) in [7, 11) is 0. The van der Waals surface area contributed by atoms with Gasteiger partial charge in [-0.15, -0.1) is 0 Å². The Morgan fingerprint density at radius 2 is 2.15 bits per heavy atom. The van der Waals surface area contributed by atoms with Gasteiger partial charge < -0.3 is 14.9 Å². The predicted molar refractivity (Wildman–Crippen MR) is 79.2 cm³/mol. The topological polar surface area (TPSA) is 58.5 Å². The van der Waals surface area contributed by atoms with E-state index in [9.17, 15) is 0 Å². The molecule has 0 radical (unpaired) electrons. The molecule has 5 nitrogen and oxygen atoms in total. The van der Waals surface area contributed by atoms with Crippen LogP contribution in [0.4, 0.5) is 0 Å². The number of para-hydroxylation sites is 2. The molecule has 0 aliphatic rings. The lowest BCUT2D eigenvalue weighted by atomic mass is 10.3. The second-order valence-electron chi connectivity index (χ2n) is 4.88. The van der Waals surface area contributed by atoms with Gasteiger partial charge in [-0.1, -0.05) is 19.1 Å². The highest BCUT2D eigenvalue weighted by atomic mass is 15.1. The van der Waals surface area contributed by atoms with Crippen molar-refractivity contribution in [3.63, 3.8) is 0 Å². The zero-order valence-corrected chi connectivity index (χ0v) is 11.6. The van der Waals surface area contributed by atoms with Crippen LogP contribution in [-0.2, 0) is 19.6 Å². The summed E-state index contributed by atoms with van der Waals surface area (Å²) < 4.78 is 2.19. The Morgan fingerprint density at radius 1 is 1.25 bits per heavy atom. The number of rotatable bonds is 6. The second-order valence-corrected chi connectivity index (χ2v) is 4.88. The summed E-state index contributed by atoms with van der Waals surface area (Å²) in [5, 5.41) is 3.41. The minimum atomic E-state index is 0.728. The standard InChI is InChI=1S/C15H19N5/c1-2-7-20-11-17-9-12(20)8-16-10-15-18-13-5-3-4-6-14(13)19-15/h3-6,9,11,16H,2,7-8,10H2,1H3,(H,18,19). The van der Waals surface area contributed by atoms with Gasteiger partial charge in [-0.25, -0.2) is 9.97 Å². The summed E-state index contributed by atoms with van der Waals surface area (Å²) in [6.07, 6.45) is 4.93. The van der Waals surface area contributed by atoms with Crippen molar-refractivity contribution in [1.29, 1.82) is 0 Å². The Labute approximate surface area is 118 Å². The highest BCUT2D eigenvalue weighted by molar-refractivity contribution is 5.74. The third-order valence-corrected chi connectivity index (χ3v) is 3.30. The third kappa shape index (κ3) is 2.72. The fourth-order valence-corrected chi connectivity index (χ4v) is 2.34. The van der Waals surface area contributed by atoms with Gasteiger partial charge in [0.1, 0.15) is 5.82 Å². The number of fused-ring (bicyclic) bond motifs is 1.